The molecule has 0 fully saturated rings. The van der Waals surface area contributed by atoms with Crippen molar-refractivity contribution in [2.24, 2.45) is 0 Å². The van der Waals surface area contributed by atoms with Gasteiger partial charge >= 0.3 is 20.1 Å². The number of ether oxygens (including phenoxy) is 2. The van der Waals surface area contributed by atoms with Crippen LogP contribution >= 0.6 is 8.17 Å². The number of carboxylic acids is 1. The van der Waals surface area contributed by atoms with Gasteiger partial charge in [0, 0.05) is 51.1 Å². The molecule has 22 heteroatoms. The van der Waals surface area contributed by atoms with E-state index in [1.54, 1.807) is 18.0 Å². The van der Waals surface area contributed by atoms with Crippen molar-refractivity contribution in [3.8, 4) is 0 Å². The molecule has 1 aromatic heterocycles. The number of carbonyl (C=O) groups excluding carboxylic acids is 3. The maximum absolute atomic E-state index is 13.0. The number of benzene rings is 2. The number of amides is 2. The van der Waals surface area contributed by atoms with Crippen LogP contribution in [0.3, 0.4) is 0 Å². The number of aliphatic hydroxyl groups excluding tert-OH is 3. The minimum Gasteiger partial charge on any atom is -0.481 e. The zero-order chi connectivity index (χ0) is 65.0. The van der Waals surface area contributed by atoms with E-state index in [0.717, 1.165) is 68.0 Å². The van der Waals surface area contributed by atoms with Gasteiger partial charge in [-0.1, -0.05) is 199 Å². The number of esters is 1. The Hall–Kier alpha value is -4.38. The van der Waals surface area contributed by atoms with Gasteiger partial charge in [-0.25, -0.2) is 4.98 Å². The molecule has 21 nitrogen and oxygen atoms in total. The number of carboxylic acid groups (broad SMARTS) is 1. The fraction of sp³-hybridized carbons (Fsp3) is 0.750. The summed E-state index contributed by atoms with van der Waals surface area (Å²) in [5, 5.41) is 51.8. The number of unbranched alkanes of at least 4 members (excludes halogenated alkanes) is 27. The molecule has 1 aliphatic rings. The summed E-state index contributed by atoms with van der Waals surface area (Å²) in [6.45, 7) is 4.98. The quantitative estimate of drug-likeness (QED) is 0.0109. The molecule has 0 radical (unpaired) electrons. The Bertz CT molecular complexity index is 2370. The molecule has 5 atom stereocenters. The van der Waals surface area contributed by atoms with E-state index in [9.17, 15) is 49.4 Å². The van der Waals surface area contributed by atoms with Crippen molar-refractivity contribution in [3.63, 3.8) is 0 Å². The highest BCUT2D eigenvalue weighted by molar-refractivity contribution is 7.54. The summed E-state index contributed by atoms with van der Waals surface area (Å²) < 4.78 is 21.9. The highest BCUT2D eigenvalue weighted by Crippen LogP contribution is 2.52. The molecule has 10 N–H and O–H groups in total. The molecule has 0 aliphatic carbocycles. The summed E-state index contributed by atoms with van der Waals surface area (Å²) in [6.07, 6.45) is 30.0. The minimum absolute atomic E-state index is 0.0570. The van der Waals surface area contributed by atoms with E-state index < -0.39 is 63.5 Å². The summed E-state index contributed by atoms with van der Waals surface area (Å²) >= 11 is 0. The van der Waals surface area contributed by atoms with Crippen LogP contribution in [-0.4, -0.2) is 145 Å². The number of carbonyl (C=O) groups is 4. The number of fused-ring (bicyclic) bond motifs is 2. The van der Waals surface area contributed by atoms with Crippen LogP contribution in [-0.2, 0) is 50.8 Å². The van der Waals surface area contributed by atoms with E-state index in [-0.39, 0.29) is 51.3 Å². The maximum Gasteiger partial charge on any atom is 0.570 e. The first-order chi connectivity index (χ1) is 43.6. The summed E-state index contributed by atoms with van der Waals surface area (Å²) in [5.41, 5.74) is 3.90. The molecule has 0 unspecified atom stereocenters. The van der Waals surface area contributed by atoms with E-state index in [2.05, 4.69) is 39.8 Å². The van der Waals surface area contributed by atoms with Gasteiger partial charge in [-0.15, -0.1) is 4.52 Å². The summed E-state index contributed by atoms with van der Waals surface area (Å²) in [4.78, 5) is 82.8. The average molecular weight is 1290 g/mol. The van der Waals surface area contributed by atoms with Crippen LogP contribution in [0.25, 0.3) is 11.0 Å². The van der Waals surface area contributed by atoms with Crippen molar-refractivity contribution in [3.05, 3.63) is 59.4 Å². The number of anilines is 1. The Morgan fingerprint density at radius 1 is 0.689 bits per heavy atom. The predicted octanol–water partition coefficient (Wildman–Crippen LogP) is 12.6. The number of aromatic nitrogens is 2. The second kappa shape index (κ2) is 47.5. The largest absolute Gasteiger partial charge is 0.570 e. The number of imidazole rings is 1. The van der Waals surface area contributed by atoms with Gasteiger partial charge in [-0.3, -0.25) is 29.0 Å². The number of rotatable bonds is 55. The third-order valence-corrected chi connectivity index (χ3v) is 17.7. The van der Waals surface area contributed by atoms with Gasteiger partial charge in [-0.05, 0) is 74.5 Å². The molecule has 4 rings (SSSR count). The van der Waals surface area contributed by atoms with Gasteiger partial charge in [0.15, 0.2) is 12.4 Å². The molecule has 2 aromatic carbocycles. The van der Waals surface area contributed by atoms with Gasteiger partial charge in [0.1, 0.15) is 31.5 Å². The summed E-state index contributed by atoms with van der Waals surface area (Å²) in [7, 11) is -2.62. The Morgan fingerprint density at radius 2 is 1.24 bits per heavy atom. The van der Waals surface area contributed by atoms with Crippen LogP contribution in [0.4, 0.5) is 5.69 Å². The summed E-state index contributed by atoms with van der Waals surface area (Å²) in [6, 6.07) is 12.4. The first kappa shape index (κ1) is 78.1. The predicted molar refractivity (Wildman–Crippen MR) is 354 cm³/mol. The first-order valence-corrected chi connectivity index (χ1v) is 36.1. The van der Waals surface area contributed by atoms with Crippen LogP contribution in [0.5, 0.6) is 0 Å². The van der Waals surface area contributed by atoms with Crippen molar-refractivity contribution in [2.75, 3.05) is 51.8 Å². The number of aliphatic hydroxyl groups is 3. The molecule has 90 heavy (non-hydrogen) atoms. The lowest BCUT2D eigenvalue weighted by molar-refractivity contribution is -0.167. The first-order valence-electron chi connectivity index (χ1n) is 34.6. The topological polar surface area (TPSA) is 298 Å². The second-order valence-electron chi connectivity index (χ2n) is 24.8. The lowest BCUT2D eigenvalue weighted by Crippen LogP contribution is -2.46. The van der Waals surface area contributed by atoms with Crippen LogP contribution in [0.15, 0.2) is 42.5 Å². The highest BCUT2D eigenvalue weighted by atomic mass is 31.2. The van der Waals surface area contributed by atoms with Crippen LogP contribution in [0.2, 0.25) is 0 Å². The van der Waals surface area contributed by atoms with Crippen molar-refractivity contribution in [1.29, 1.82) is 0 Å². The zero-order valence-electron chi connectivity index (χ0n) is 55.1. The van der Waals surface area contributed by atoms with Crippen molar-refractivity contribution < 1.29 is 67.9 Å². The molecule has 0 spiro atoms. The van der Waals surface area contributed by atoms with E-state index in [1.807, 2.05) is 41.3 Å². The van der Waals surface area contributed by atoms with Crippen LogP contribution < -0.4 is 16.0 Å². The van der Waals surface area contributed by atoms with Gasteiger partial charge in [0.05, 0.1) is 36.6 Å². The average Bonchev–Trinajstić information content (AvgIpc) is 2.69. The van der Waals surface area contributed by atoms with Gasteiger partial charge in [-0.2, -0.15) is 14.3 Å². The van der Waals surface area contributed by atoms with Crippen LogP contribution in [0.1, 0.15) is 262 Å². The monoisotopic (exact) mass is 1290 g/mol. The normalized spacial score (nSPS) is 15.5. The van der Waals surface area contributed by atoms with E-state index in [1.165, 1.54) is 122 Å². The highest BCUT2D eigenvalue weighted by Gasteiger charge is 2.41. The Balaban J connectivity index is 1.10. The Morgan fingerprint density at radius 3 is 1.84 bits per heavy atom. The van der Waals surface area contributed by atoms with Gasteiger partial charge < -0.3 is 50.8 Å². The van der Waals surface area contributed by atoms with Crippen LogP contribution in [0, 0.1) is 0 Å². The number of aromatic amines is 1. The number of H-pyrrole nitrogens is 1. The molecule has 0 saturated heterocycles. The molecular weight excluding hydrogens is 1170 g/mol. The van der Waals surface area contributed by atoms with Crippen molar-refractivity contribution >= 4 is 48.6 Å². The fourth-order valence-corrected chi connectivity index (χ4v) is 12.1. The summed E-state index contributed by atoms with van der Waals surface area (Å²) in [5.74, 6) is -1.53. The number of nitrogens with one attached hydrogen (secondary N) is 4. The molecule has 2 heterocycles. The number of para-hydroxylation sites is 2. The smallest absolute Gasteiger partial charge is 0.481 e. The molecule has 0 bridgehead atoms. The lowest BCUT2D eigenvalue weighted by Gasteiger charge is -2.30. The van der Waals surface area contributed by atoms with Crippen molar-refractivity contribution in [1.82, 2.24) is 30.4 Å². The lowest BCUT2D eigenvalue weighted by atomic mass is 10.0. The fourth-order valence-electron chi connectivity index (χ4n) is 11.4. The molecule has 0 saturated carbocycles. The SMILES string of the molecule is CCCCCCCCCCCCCCCC(=O)O[C@H](CO[C@@H](O)CCCCCCCCCCCCCCC)CO[P+](O)(O)OCCNC(=O)CCC(=O)NCCCCCCN1Cc2cc([C@H](O)N(C)Cc3nc4ccccc4[nH]3)ccc2N[C@@H](CC(=O)O)[C@@H]1O. The molecule has 1 aliphatic heterocycles. The molecule has 2 amide bonds. The minimum atomic E-state index is -4.42. The molecule has 3 aromatic rings. The third-order valence-electron chi connectivity index (χ3n) is 16.7. The van der Waals surface area contributed by atoms with E-state index in [4.69, 9.17) is 18.5 Å². The number of nitrogens with zero attached hydrogens (tertiary/aromatic N) is 3. The van der Waals surface area contributed by atoms with Crippen molar-refractivity contribution in [2.45, 2.75) is 283 Å². The molecular formula is C68H117N7O14P+. The Kier molecular flexibility index (Phi) is 41.2. The van der Waals surface area contributed by atoms with Gasteiger partial charge in [0.25, 0.3) is 0 Å². The maximum atomic E-state index is 13.0. The standard InChI is InChI=1S/C68H116N7O14P/c1-4-6-8-10-12-14-16-18-20-22-24-26-30-38-65(80)86-52-56(89-66(81)39-31-27-25-23-21-19-17-15-13-11-9-7-5-2)53-88-90(84,85)87-47-45-70-63(77)43-42-62(76)69-44-34-28-29-35-46-75-50-55-48-54(40-41-57(55)71-60(68(75)83)49-64(78)79)67(82)74(3)51-61-72-58-36-32-33-37-59(58)73-61/h32-33,36-37,40-41,48,56,60,65,67-68,71,80,82-85H,4-31,34-35,38-39,42-47,49-53H2,1-3H3,(H3-,69,70,72,73,76,77,78,79)/p+1/t56-,60+,65-,67+,68+/m1/s1. The zero-order valence-corrected chi connectivity index (χ0v) is 56.0. The van der Waals surface area contributed by atoms with Gasteiger partial charge in [0.2, 0.25) is 11.8 Å². The third kappa shape index (κ3) is 35.0. The molecule has 512 valence electrons. The number of hydrogen-bond acceptors (Lipinski definition) is 17. The number of hydrogen-bond donors (Lipinski definition) is 10. The van der Waals surface area contributed by atoms with E-state index in [0.29, 0.717) is 68.9 Å². The second-order valence-corrected chi connectivity index (χ2v) is 26.3. The Labute approximate surface area is 538 Å². The number of aliphatic carboxylic acids is 1. The van der Waals surface area contributed by atoms with E-state index >= 15 is 0 Å².